The normalized spacial score (nSPS) is 22.1. The minimum Gasteiger partial charge on any atom is -0.311 e. The molecular weight excluding hydrogens is 236 g/mol. The molecule has 1 saturated heterocycles. The molecule has 1 aliphatic rings. The van der Waals surface area contributed by atoms with Crippen LogP contribution in [0.5, 0.6) is 0 Å². The highest BCUT2D eigenvalue weighted by atomic mass is 15.3. The number of nitrogens with zero attached hydrogens (tertiary/aromatic N) is 3. The quantitative estimate of drug-likeness (QED) is 0.886. The van der Waals surface area contributed by atoms with Gasteiger partial charge in [-0.3, -0.25) is 9.58 Å². The van der Waals surface area contributed by atoms with Crippen molar-refractivity contribution < 1.29 is 0 Å². The standard InChI is InChI=1S/C15H28N4/c1-5-15(2,19-9-7-6-8-10-19)14(16-3)13-11-17-18(4)12-13/h11-12,14,16H,5-10H2,1-4H3. The Kier molecular flexibility index (Phi) is 4.63. The predicted molar refractivity (Wildman–Crippen MR) is 79.1 cm³/mol. The van der Waals surface area contributed by atoms with Crippen molar-refractivity contribution in [1.82, 2.24) is 20.0 Å². The molecule has 1 aromatic heterocycles. The maximum Gasteiger partial charge on any atom is 0.0538 e. The lowest BCUT2D eigenvalue weighted by Crippen LogP contribution is -2.55. The first kappa shape index (κ1) is 14.5. The van der Waals surface area contributed by atoms with Gasteiger partial charge in [0.25, 0.3) is 0 Å². The van der Waals surface area contributed by atoms with Gasteiger partial charge in [0.1, 0.15) is 0 Å². The summed E-state index contributed by atoms with van der Waals surface area (Å²) in [7, 11) is 4.05. The summed E-state index contributed by atoms with van der Waals surface area (Å²) in [4.78, 5) is 2.67. The molecule has 0 aliphatic carbocycles. The molecule has 0 bridgehead atoms. The summed E-state index contributed by atoms with van der Waals surface area (Å²) < 4.78 is 1.89. The first-order valence-corrected chi connectivity index (χ1v) is 7.52. The van der Waals surface area contributed by atoms with Crippen LogP contribution in [0.1, 0.15) is 51.1 Å². The summed E-state index contributed by atoms with van der Waals surface area (Å²) in [5.74, 6) is 0. The van der Waals surface area contributed by atoms with E-state index in [4.69, 9.17) is 0 Å². The second-order valence-corrected chi connectivity index (χ2v) is 5.93. The zero-order valence-corrected chi connectivity index (χ0v) is 12.8. The molecule has 1 fully saturated rings. The molecule has 0 aromatic carbocycles. The van der Waals surface area contributed by atoms with Crippen LogP contribution in [0.4, 0.5) is 0 Å². The molecule has 2 rings (SSSR count). The van der Waals surface area contributed by atoms with Crippen LogP contribution in [0.2, 0.25) is 0 Å². The minimum atomic E-state index is 0.165. The molecule has 4 heteroatoms. The van der Waals surface area contributed by atoms with Crippen molar-refractivity contribution in [1.29, 1.82) is 0 Å². The molecule has 1 N–H and O–H groups in total. The molecule has 4 nitrogen and oxygen atoms in total. The van der Waals surface area contributed by atoms with Crippen LogP contribution in [0.25, 0.3) is 0 Å². The van der Waals surface area contributed by atoms with Crippen LogP contribution < -0.4 is 5.32 Å². The van der Waals surface area contributed by atoms with Gasteiger partial charge >= 0.3 is 0 Å². The fraction of sp³-hybridized carbons (Fsp3) is 0.800. The number of rotatable bonds is 5. The molecule has 108 valence electrons. The van der Waals surface area contributed by atoms with Crippen LogP contribution in [-0.4, -0.2) is 40.4 Å². The molecule has 2 heterocycles. The van der Waals surface area contributed by atoms with E-state index in [1.165, 1.54) is 37.9 Å². The van der Waals surface area contributed by atoms with Crippen LogP contribution in [0, 0.1) is 0 Å². The van der Waals surface area contributed by atoms with E-state index < -0.39 is 0 Å². The van der Waals surface area contributed by atoms with E-state index in [0.717, 1.165) is 6.42 Å². The van der Waals surface area contributed by atoms with Gasteiger partial charge in [0.15, 0.2) is 0 Å². The van der Waals surface area contributed by atoms with Crippen molar-refractivity contribution >= 4 is 0 Å². The van der Waals surface area contributed by atoms with Gasteiger partial charge in [0.2, 0.25) is 0 Å². The molecule has 0 radical (unpaired) electrons. The Morgan fingerprint density at radius 1 is 1.37 bits per heavy atom. The van der Waals surface area contributed by atoms with Gasteiger partial charge in [-0.2, -0.15) is 5.10 Å². The molecule has 0 spiro atoms. The Bertz CT molecular complexity index is 395. The van der Waals surface area contributed by atoms with E-state index in [-0.39, 0.29) is 5.54 Å². The number of hydrogen-bond donors (Lipinski definition) is 1. The fourth-order valence-corrected chi connectivity index (χ4v) is 3.44. The van der Waals surface area contributed by atoms with Gasteiger partial charge in [0, 0.05) is 24.3 Å². The Hall–Kier alpha value is -0.870. The zero-order chi connectivity index (χ0) is 13.9. The van der Waals surface area contributed by atoms with Gasteiger partial charge < -0.3 is 5.32 Å². The molecule has 19 heavy (non-hydrogen) atoms. The topological polar surface area (TPSA) is 33.1 Å². The van der Waals surface area contributed by atoms with Gasteiger partial charge in [-0.1, -0.05) is 13.3 Å². The van der Waals surface area contributed by atoms with Crippen molar-refractivity contribution in [2.24, 2.45) is 7.05 Å². The van der Waals surface area contributed by atoms with Crippen molar-refractivity contribution in [3.05, 3.63) is 18.0 Å². The smallest absolute Gasteiger partial charge is 0.0538 e. The van der Waals surface area contributed by atoms with Crippen LogP contribution in [-0.2, 0) is 7.05 Å². The van der Waals surface area contributed by atoms with E-state index >= 15 is 0 Å². The summed E-state index contributed by atoms with van der Waals surface area (Å²) in [6, 6.07) is 0.337. The number of nitrogens with one attached hydrogen (secondary N) is 1. The molecule has 2 unspecified atom stereocenters. The minimum absolute atomic E-state index is 0.165. The Balaban J connectivity index is 2.25. The van der Waals surface area contributed by atoms with Crippen LogP contribution >= 0.6 is 0 Å². The maximum absolute atomic E-state index is 4.34. The predicted octanol–water partition coefficient (Wildman–Crippen LogP) is 2.34. The summed E-state index contributed by atoms with van der Waals surface area (Å²) in [5.41, 5.74) is 1.46. The zero-order valence-electron chi connectivity index (χ0n) is 12.8. The van der Waals surface area contributed by atoms with Crippen LogP contribution in [0.3, 0.4) is 0 Å². The summed E-state index contributed by atoms with van der Waals surface area (Å²) in [5, 5.41) is 7.86. The number of piperidine rings is 1. The summed E-state index contributed by atoms with van der Waals surface area (Å²) in [6.45, 7) is 7.15. The third-order valence-corrected chi connectivity index (χ3v) is 4.76. The monoisotopic (exact) mass is 264 g/mol. The molecule has 1 aliphatic heterocycles. The number of aryl methyl sites for hydroxylation is 1. The van der Waals surface area contributed by atoms with Crippen molar-refractivity contribution in [2.75, 3.05) is 20.1 Å². The largest absolute Gasteiger partial charge is 0.311 e. The first-order valence-electron chi connectivity index (χ1n) is 7.52. The molecular formula is C15H28N4. The summed E-state index contributed by atoms with van der Waals surface area (Å²) >= 11 is 0. The third kappa shape index (κ3) is 2.84. The Morgan fingerprint density at radius 2 is 2.05 bits per heavy atom. The lowest BCUT2D eigenvalue weighted by atomic mass is 9.83. The number of aromatic nitrogens is 2. The maximum atomic E-state index is 4.34. The average Bonchev–Trinajstić information content (AvgIpc) is 2.86. The van der Waals surface area contributed by atoms with Gasteiger partial charge in [-0.05, 0) is 46.3 Å². The van der Waals surface area contributed by atoms with E-state index in [2.05, 4.69) is 42.4 Å². The lowest BCUT2D eigenvalue weighted by Gasteiger charge is -2.47. The number of likely N-dealkylation sites (tertiary alicyclic amines) is 1. The molecule has 1 aromatic rings. The highest BCUT2D eigenvalue weighted by molar-refractivity contribution is 5.17. The van der Waals surface area contributed by atoms with Crippen molar-refractivity contribution in [3.8, 4) is 0 Å². The van der Waals surface area contributed by atoms with E-state index in [1.807, 2.05) is 17.9 Å². The summed E-state index contributed by atoms with van der Waals surface area (Å²) in [6.07, 6.45) is 9.33. The second kappa shape index (κ2) is 6.06. The number of hydrogen-bond acceptors (Lipinski definition) is 3. The molecule has 0 amide bonds. The van der Waals surface area contributed by atoms with Gasteiger partial charge in [0.05, 0.1) is 12.2 Å². The third-order valence-electron chi connectivity index (χ3n) is 4.76. The lowest BCUT2D eigenvalue weighted by molar-refractivity contribution is 0.0448. The average molecular weight is 264 g/mol. The number of likely N-dealkylation sites (N-methyl/N-ethyl adjacent to an activating group) is 1. The SMILES string of the molecule is CCC(C)(C(NC)c1cnn(C)c1)N1CCCCC1. The highest BCUT2D eigenvalue weighted by Crippen LogP contribution is 2.35. The van der Waals surface area contributed by atoms with E-state index in [0.29, 0.717) is 6.04 Å². The molecule has 2 atom stereocenters. The Labute approximate surface area is 117 Å². The van der Waals surface area contributed by atoms with Crippen LogP contribution in [0.15, 0.2) is 12.4 Å². The van der Waals surface area contributed by atoms with Crippen molar-refractivity contribution in [3.63, 3.8) is 0 Å². The van der Waals surface area contributed by atoms with E-state index in [1.54, 1.807) is 0 Å². The van der Waals surface area contributed by atoms with Gasteiger partial charge in [-0.25, -0.2) is 0 Å². The second-order valence-electron chi connectivity index (χ2n) is 5.93. The molecule has 0 saturated carbocycles. The Morgan fingerprint density at radius 3 is 2.53 bits per heavy atom. The first-order chi connectivity index (χ1) is 9.11. The van der Waals surface area contributed by atoms with Gasteiger partial charge in [-0.15, -0.1) is 0 Å². The van der Waals surface area contributed by atoms with Crippen molar-refractivity contribution in [2.45, 2.75) is 51.1 Å². The fourth-order valence-electron chi connectivity index (χ4n) is 3.44. The van der Waals surface area contributed by atoms with E-state index in [9.17, 15) is 0 Å². The highest BCUT2D eigenvalue weighted by Gasteiger charge is 2.39.